The lowest BCUT2D eigenvalue weighted by molar-refractivity contribution is -0.113. The van der Waals surface area contributed by atoms with E-state index in [0.29, 0.717) is 33.4 Å². The van der Waals surface area contributed by atoms with Gasteiger partial charge in [0.15, 0.2) is 17.1 Å². The molecule has 0 aliphatic heterocycles. The van der Waals surface area contributed by atoms with Gasteiger partial charge in [0, 0.05) is 11.6 Å². The van der Waals surface area contributed by atoms with Crippen molar-refractivity contribution in [1.29, 1.82) is 0 Å². The minimum atomic E-state index is -0.310. The number of thioether (sulfide) groups is 1. The minimum Gasteiger partial charge on any atom is -0.483 e. The third-order valence-corrected chi connectivity index (χ3v) is 6.59. The number of rotatable bonds is 9. The van der Waals surface area contributed by atoms with E-state index in [9.17, 15) is 4.79 Å². The maximum absolute atomic E-state index is 12.2. The maximum Gasteiger partial charge on any atom is 0.236 e. The Morgan fingerprint density at radius 1 is 1.30 bits per heavy atom. The molecule has 0 fully saturated rings. The number of nitrogens with zero attached hydrogens (tertiary/aromatic N) is 5. The Morgan fingerprint density at radius 3 is 2.77 bits per heavy atom. The summed E-state index contributed by atoms with van der Waals surface area (Å²) >= 11 is 8.78. The molecule has 2 aromatic heterocycles. The van der Waals surface area contributed by atoms with E-state index in [2.05, 4.69) is 25.7 Å². The number of nitrogens with one attached hydrogen (secondary N) is 1. The molecule has 3 aromatic rings. The quantitative estimate of drug-likeness (QED) is 0.462. The van der Waals surface area contributed by atoms with Gasteiger partial charge in [0.25, 0.3) is 0 Å². The van der Waals surface area contributed by atoms with E-state index >= 15 is 0 Å². The van der Waals surface area contributed by atoms with Crippen molar-refractivity contribution >= 4 is 45.7 Å². The molecule has 0 saturated heterocycles. The van der Waals surface area contributed by atoms with Crippen molar-refractivity contribution in [3.8, 4) is 5.75 Å². The Hall–Kier alpha value is -2.17. The fourth-order valence-electron chi connectivity index (χ4n) is 2.68. The zero-order valence-electron chi connectivity index (χ0n) is 17.2. The Labute approximate surface area is 188 Å². The highest BCUT2D eigenvalue weighted by atomic mass is 35.5. The van der Waals surface area contributed by atoms with Gasteiger partial charge in [-0.15, -0.1) is 20.4 Å². The van der Waals surface area contributed by atoms with Crippen molar-refractivity contribution in [3.05, 3.63) is 39.6 Å². The molecule has 0 aliphatic rings. The van der Waals surface area contributed by atoms with Crippen molar-refractivity contribution in [2.45, 2.75) is 51.9 Å². The molecule has 0 spiro atoms. The number of hydrogen-bond acceptors (Lipinski definition) is 8. The molecule has 0 bridgehead atoms. The number of aromatic nitrogens is 5. The van der Waals surface area contributed by atoms with Crippen molar-refractivity contribution in [3.63, 3.8) is 0 Å². The van der Waals surface area contributed by atoms with Crippen LogP contribution >= 0.6 is 34.7 Å². The SMILES string of the molecule is CCc1nnc(NC(=O)CSc2nnc(C(C)Oc3ccc(Cl)c(C)c3)n2CC)s1. The lowest BCUT2D eigenvalue weighted by Crippen LogP contribution is -2.15. The van der Waals surface area contributed by atoms with Crippen LogP contribution in [0.1, 0.15) is 43.3 Å². The molecule has 1 amide bonds. The van der Waals surface area contributed by atoms with Crippen molar-refractivity contribution in [1.82, 2.24) is 25.0 Å². The van der Waals surface area contributed by atoms with Crippen molar-refractivity contribution in [2.24, 2.45) is 0 Å². The molecule has 1 aromatic carbocycles. The maximum atomic E-state index is 12.2. The van der Waals surface area contributed by atoms with E-state index in [1.807, 2.05) is 50.5 Å². The van der Waals surface area contributed by atoms with Crippen molar-refractivity contribution in [2.75, 3.05) is 11.1 Å². The monoisotopic (exact) mass is 466 g/mol. The summed E-state index contributed by atoms with van der Waals surface area (Å²) in [6.45, 7) is 8.51. The number of aryl methyl sites for hydroxylation is 2. The van der Waals surface area contributed by atoms with Crippen LogP contribution in [-0.2, 0) is 17.8 Å². The van der Waals surface area contributed by atoms with E-state index < -0.39 is 0 Å². The van der Waals surface area contributed by atoms with E-state index in [-0.39, 0.29) is 17.8 Å². The molecule has 11 heteroatoms. The van der Waals surface area contributed by atoms with Gasteiger partial charge in [0.1, 0.15) is 10.8 Å². The summed E-state index contributed by atoms with van der Waals surface area (Å²) < 4.78 is 7.98. The predicted octanol–water partition coefficient (Wildman–Crippen LogP) is 4.54. The molecule has 0 aliphatic carbocycles. The molecule has 1 atom stereocenters. The van der Waals surface area contributed by atoms with E-state index in [1.165, 1.54) is 23.1 Å². The average molecular weight is 467 g/mol. The fraction of sp³-hybridized carbons (Fsp3) is 0.421. The van der Waals surface area contributed by atoms with Gasteiger partial charge in [-0.1, -0.05) is 41.6 Å². The second kappa shape index (κ2) is 10.2. The second-order valence-electron chi connectivity index (χ2n) is 6.45. The highest BCUT2D eigenvalue weighted by molar-refractivity contribution is 7.99. The number of amides is 1. The number of hydrogen-bond donors (Lipinski definition) is 1. The summed E-state index contributed by atoms with van der Waals surface area (Å²) in [5.74, 6) is 1.45. The normalized spacial score (nSPS) is 12.0. The van der Waals surface area contributed by atoms with Gasteiger partial charge in [-0.05, 0) is 51.0 Å². The summed E-state index contributed by atoms with van der Waals surface area (Å²) in [4.78, 5) is 12.2. The molecule has 30 heavy (non-hydrogen) atoms. The molecule has 160 valence electrons. The molecule has 2 heterocycles. The Bertz CT molecular complexity index is 1020. The first-order chi connectivity index (χ1) is 14.4. The van der Waals surface area contributed by atoms with Crippen LogP contribution in [0.15, 0.2) is 23.4 Å². The second-order valence-corrected chi connectivity index (χ2v) is 8.86. The minimum absolute atomic E-state index is 0.160. The van der Waals surface area contributed by atoms with E-state index in [4.69, 9.17) is 16.3 Å². The first-order valence-electron chi connectivity index (χ1n) is 9.52. The van der Waals surface area contributed by atoms with E-state index in [1.54, 1.807) is 0 Å². The predicted molar refractivity (Wildman–Crippen MR) is 120 cm³/mol. The van der Waals surface area contributed by atoms with Crippen LogP contribution in [0.25, 0.3) is 0 Å². The molecular formula is C19H23ClN6O2S2. The molecule has 0 radical (unpaired) electrons. The summed E-state index contributed by atoms with van der Waals surface area (Å²) in [5, 5.41) is 22.0. The van der Waals surface area contributed by atoms with Crippen molar-refractivity contribution < 1.29 is 9.53 Å². The zero-order valence-corrected chi connectivity index (χ0v) is 19.6. The number of benzene rings is 1. The van der Waals surface area contributed by atoms with Gasteiger partial charge >= 0.3 is 0 Å². The van der Waals surface area contributed by atoms with Crippen LogP contribution in [0.3, 0.4) is 0 Å². The average Bonchev–Trinajstić information content (AvgIpc) is 3.35. The Balaban J connectivity index is 1.62. The molecular weight excluding hydrogens is 444 g/mol. The highest BCUT2D eigenvalue weighted by Gasteiger charge is 2.20. The van der Waals surface area contributed by atoms with Gasteiger partial charge in [-0.25, -0.2) is 0 Å². The smallest absolute Gasteiger partial charge is 0.236 e. The summed E-state index contributed by atoms with van der Waals surface area (Å²) in [5.41, 5.74) is 0.946. The van der Waals surface area contributed by atoms with Crippen LogP contribution in [0, 0.1) is 6.92 Å². The number of ether oxygens (including phenoxy) is 1. The molecule has 1 unspecified atom stereocenters. The van der Waals surface area contributed by atoms with Crippen LogP contribution in [0.5, 0.6) is 5.75 Å². The highest BCUT2D eigenvalue weighted by Crippen LogP contribution is 2.27. The first-order valence-corrected chi connectivity index (χ1v) is 11.7. The molecule has 3 rings (SSSR count). The van der Waals surface area contributed by atoms with Crippen LogP contribution in [0.4, 0.5) is 5.13 Å². The standard InChI is InChI=1S/C19H23ClN6O2S2/c1-5-16-22-24-18(30-16)21-15(27)10-29-19-25-23-17(26(19)6-2)12(4)28-13-7-8-14(20)11(3)9-13/h7-9,12H,5-6,10H2,1-4H3,(H,21,24,27). The largest absolute Gasteiger partial charge is 0.483 e. The number of carbonyl (C=O) groups is 1. The summed E-state index contributed by atoms with van der Waals surface area (Å²) in [6.07, 6.45) is 0.482. The molecule has 8 nitrogen and oxygen atoms in total. The van der Waals surface area contributed by atoms with Gasteiger partial charge in [-0.2, -0.15) is 0 Å². The van der Waals surface area contributed by atoms with Gasteiger partial charge in [0.2, 0.25) is 11.0 Å². The fourth-order valence-corrected chi connectivity index (χ4v) is 4.31. The van der Waals surface area contributed by atoms with Crippen LogP contribution < -0.4 is 10.1 Å². The zero-order chi connectivity index (χ0) is 21.7. The van der Waals surface area contributed by atoms with E-state index in [0.717, 1.165) is 17.0 Å². The van der Waals surface area contributed by atoms with Crippen LogP contribution in [0.2, 0.25) is 5.02 Å². The molecule has 0 saturated carbocycles. The number of carbonyl (C=O) groups excluding carboxylic acids is 1. The lowest BCUT2D eigenvalue weighted by Gasteiger charge is -2.16. The number of anilines is 1. The first kappa shape index (κ1) is 22.5. The third kappa shape index (κ3) is 5.50. The Kier molecular flexibility index (Phi) is 7.68. The van der Waals surface area contributed by atoms with Gasteiger partial charge in [0.05, 0.1) is 5.75 Å². The topological polar surface area (TPSA) is 94.8 Å². The third-order valence-electron chi connectivity index (χ3n) is 4.22. The van der Waals surface area contributed by atoms with Gasteiger partial charge < -0.3 is 9.30 Å². The lowest BCUT2D eigenvalue weighted by atomic mass is 10.2. The number of halogens is 1. The Morgan fingerprint density at radius 2 is 2.10 bits per heavy atom. The molecule has 1 N–H and O–H groups in total. The van der Waals surface area contributed by atoms with Gasteiger partial charge in [-0.3, -0.25) is 10.1 Å². The summed E-state index contributed by atoms with van der Waals surface area (Å²) in [7, 11) is 0. The van der Waals surface area contributed by atoms with Crippen LogP contribution in [-0.4, -0.2) is 36.6 Å². The summed E-state index contributed by atoms with van der Waals surface area (Å²) in [6, 6.07) is 5.53.